The normalized spacial score (nSPS) is 17.5. The highest BCUT2D eigenvalue weighted by atomic mass is 19.4. The SMILES string of the molecule is CCCCCCCCOc1ccc(-c2noc(C3CC(F)CN3C(=NC(=O)OC(C)(C)C)NC(=O)OC(C)(C)C)n2)cc1C(F)(F)F. The second kappa shape index (κ2) is 15.8. The molecule has 1 fully saturated rings. The number of aliphatic imine (C=N–C) groups is 1. The van der Waals surface area contributed by atoms with Crippen LogP contribution in [0.2, 0.25) is 0 Å². The van der Waals surface area contributed by atoms with E-state index in [2.05, 4.69) is 27.4 Å². The van der Waals surface area contributed by atoms with Crippen LogP contribution in [0, 0.1) is 0 Å². The van der Waals surface area contributed by atoms with E-state index in [-0.39, 0.29) is 48.6 Å². The Hall–Kier alpha value is -3.91. The van der Waals surface area contributed by atoms with Crippen molar-refractivity contribution in [3.8, 4) is 17.1 Å². The lowest BCUT2D eigenvalue weighted by Crippen LogP contribution is -2.46. The van der Waals surface area contributed by atoms with Crippen LogP contribution in [-0.2, 0) is 15.7 Å². The number of ether oxygens (including phenoxy) is 3. The number of carbonyl (C=O) groups excluding carboxylic acids is 2. The molecule has 2 heterocycles. The summed E-state index contributed by atoms with van der Waals surface area (Å²) in [6.07, 6.45) is -2.64. The van der Waals surface area contributed by atoms with Gasteiger partial charge in [-0.2, -0.15) is 18.2 Å². The molecule has 11 nitrogen and oxygen atoms in total. The molecule has 1 aliphatic rings. The highest BCUT2D eigenvalue weighted by Gasteiger charge is 2.41. The Labute approximate surface area is 272 Å². The first-order valence-electron chi connectivity index (χ1n) is 15.8. The molecule has 262 valence electrons. The Balaban J connectivity index is 1.86. The number of benzene rings is 1. The van der Waals surface area contributed by atoms with Gasteiger partial charge in [0.2, 0.25) is 17.7 Å². The fraction of sp³-hybridized carbons (Fsp3) is 0.656. The molecule has 15 heteroatoms. The van der Waals surface area contributed by atoms with Gasteiger partial charge in [0.25, 0.3) is 0 Å². The maximum Gasteiger partial charge on any atom is 0.437 e. The average molecular weight is 672 g/mol. The van der Waals surface area contributed by atoms with E-state index in [9.17, 15) is 27.2 Å². The number of unbranched alkanes of at least 4 members (excludes halogenated alkanes) is 5. The predicted octanol–water partition coefficient (Wildman–Crippen LogP) is 8.40. The Morgan fingerprint density at radius 1 is 1.02 bits per heavy atom. The van der Waals surface area contributed by atoms with Crippen molar-refractivity contribution in [3.63, 3.8) is 0 Å². The van der Waals surface area contributed by atoms with Crippen LogP contribution in [0.4, 0.5) is 27.2 Å². The zero-order valence-corrected chi connectivity index (χ0v) is 28.0. The van der Waals surface area contributed by atoms with Gasteiger partial charge in [-0.25, -0.2) is 14.0 Å². The Morgan fingerprint density at radius 3 is 2.32 bits per heavy atom. The molecule has 0 spiro atoms. The van der Waals surface area contributed by atoms with Gasteiger partial charge >= 0.3 is 18.4 Å². The number of nitrogens with zero attached hydrogens (tertiary/aromatic N) is 4. The second-order valence-corrected chi connectivity index (χ2v) is 13.3. The molecule has 2 amide bonds. The van der Waals surface area contributed by atoms with E-state index in [1.807, 2.05) is 0 Å². The molecular formula is C32H45F4N5O6. The van der Waals surface area contributed by atoms with E-state index in [0.29, 0.717) is 6.42 Å². The third-order valence-corrected chi connectivity index (χ3v) is 6.75. The summed E-state index contributed by atoms with van der Waals surface area (Å²) in [5.41, 5.74) is -2.82. The lowest BCUT2D eigenvalue weighted by molar-refractivity contribution is -0.138. The summed E-state index contributed by atoms with van der Waals surface area (Å²) in [5, 5.41) is 6.22. The van der Waals surface area contributed by atoms with Gasteiger partial charge in [-0.3, -0.25) is 5.32 Å². The minimum absolute atomic E-state index is 0.00453. The molecule has 2 aromatic rings. The monoisotopic (exact) mass is 671 g/mol. The molecule has 0 bridgehead atoms. The first kappa shape index (κ1) is 37.5. The van der Waals surface area contributed by atoms with Crippen LogP contribution < -0.4 is 10.1 Å². The molecule has 2 unspecified atom stereocenters. The van der Waals surface area contributed by atoms with E-state index in [0.717, 1.165) is 38.2 Å². The Morgan fingerprint density at radius 2 is 1.68 bits per heavy atom. The molecule has 1 aliphatic heterocycles. The van der Waals surface area contributed by atoms with Gasteiger partial charge in [0.05, 0.1) is 18.7 Å². The molecule has 2 atom stereocenters. The van der Waals surface area contributed by atoms with E-state index in [1.165, 1.54) is 17.0 Å². The maximum absolute atomic E-state index is 14.9. The first-order chi connectivity index (χ1) is 21.9. The van der Waals surface area contributed by atoms with Gasteiger partial charge in [-0.15, -0.1) is 4.99 Å². The predicted molar refractivity (Wildman–Crippen MR) is 166 cm³/mol. The van der Waals surface area contributed by atoms with Crippen LogP contribution in [0.3, 0.4) is 0 Å². The number of aromatic nitrogens is 2. The number of hydrogen-bond donors (Lipinski definition) is 1. The lowest BCUT2D eigenvalue weighted by Gasteiger charge is -2.27. The minimum atomic E-state index is -4.72. The lowest BCUT2D eigenvalue weighted by atomic mass is 10.1. The van der Waals surface area contributed by atoms with E-state index < -0.39 is 47.3 Å². The van der Waals surface area contributed by atoms with E-state index in [4.69, 9.17) is 18.7 Å². The number of amides is 2. The van der Waals surface area contributed by atoms with Gasteiger partial charge in [-0.1, -0.05) is 44.2 Å². The zero-order chi connectivity index (χ0) is 35.0. The second-order valence-electron chi connectivity index (χ2n) is 13.3. The van der Waals surface area contributed by atoms with Crippen molar-refractivity contribution in [1.29, 1.82) is 0 Å². The highest BCUT2D eigenvalue weighted by Crippen LogP contribution is 2.39. The van der Waals surface area contributed by atoms with Gasteiger partial charge in [0.15, 0.2) is 0 Å². The van der Waals surface area contributed by atoms with Crippen molar-refractivity contribution in [2.75, 3.05) is 13.2 Å². The van der Waals surface area contributed by atoms with Crippen LogP contribution >= 0.6 is 0 Å². The average Bonchev–Trinajstić information content (AvgIpc) is 3.56. The molecular weight excluding hydrogens is 626 g/mol. The van der Waals surface area contributed by atoms with Crippen molar-refractivity contribution < 1.29 is 45.9 Å². The fourth-order valence-electron chi connectivity index (χ4n) is 4.75. The van der Waals surface area contributed by atoms with Gasteiger partial charge in [-0.05, 0) is 66.2 Å². The quantitative estimate of drug-likeness (QED) is 0.115. The van der Waals surface area contributed by atoms with E-state index >= 15 is 0 Å². The number of alkyl carbamates (subject to hydrolysis) is 1. The van der Waals surface area contributed by atoms with Gasteiger partial charge in [0.1, 0.15) is 29.2 Å². The maximum atomic E-state index is 14.9. The summed E-state index contributed by atoms with van der Waals surface area (Å²) in [7, 11) is 0. The van der Waals surface area contributed by atoms with Crippen molar-refractivity contribution in [2.45, 2.75) is 123 Å². The number of rotatable bonds is 10. The summed E-state index contributed by atoms with van der Waals surface area (Å²) >= 11 is 0. The number of guanidine groups is 1. The summed E-state index contributed by atoms with van der Waals surface area (Å²) < 4.78 is 78.3. The van der Waals surface area contributed by atoms with Crippen molar-refractivity contribution in [3.05, 3.63) is 29.7 Å². The number of likely N-dealkylation sites (tertiary alicyclic amines) is 1. The number of hydrogen-bond acceptors (Lipinski definition) is 8. The third-order valence-electron chi connectivity index (χ3n) is 6.75. The van der Waals surface area contributed by atoms with E-state index in [1.54, 1.807) is 41.5 Å². The van der Waals surface area contributed by atoms with Crippen molar-refractivity contribution in [1.82, 2.24) is 20.4 Å². The molecule has 1 aromatic carbocycles. The van der Waals surface area contributed by atoms with Crippen LogP contribution in [0.25, 0.3) is 11.4 Å². The molecule has 1 N–H and O–H groups in total. The van der Waals surface area contributed by atoms with Crippen LogP contribution in [0.15, 0.2) is 27.7 Å². The molecule has 3 rings (SSSR count). The topological polar surface area (TPSA) is 128 Å². The number of halogens is 4. The molecule has 47 heavy (non-hydrogen) atoms. The standard InChI is InChI=1S/C32H45F4N5O6/c1-8-9-10-11-12-13-16-44-24-15-14-20(17-22(24)32(34,35)36)25-37-26(47-40-25)23-18-21(33)19-41(23)27(38-28(42)45-30(2,3)4)39-29(43)46-31(5,6)7/h14-15,17,21,23H,8-13,16,18-19H2,1-7H3,(H,38,39,42,43). The number of nitrogens with one attached hydrogen (secondary N) is 1. The fourth-order valence-corrected chi connectivity index (χ4v) is 4.75. The minimum Gasteiger partial charge on any atom is -0.493 e. The van der Waals surface area contributed by atoms with Crippen molar-refractivity contribution in [2.24, 2.45) is 4.99 Å². The van der Waals surface area contributed by atoms with Crippen LogP contribution in [-0.4, -0.2) is 63.7 Å². The summed E-state index contributed by atoms with van der Waals surface area (Å²) in [6.45, 7) is 11.7. The smallest absolute Gasteiger partial charge is 0.437 e. The largest absolute Gasteiger partial charge is 0.493 e. The summed E-state index contributed by atoms with van der Waals surface area (Å²) in [6, 6.07) is 2.42. The molecule has 0 aliphatic carbocycles. The third kappa shape index (κ3) is 12.0. The first-order valence-corrected chi connectivity index (χ1v) is 15.8. The Kier molecular flexibility index (Phi) is 12.6. The van der Waals surface area contributed by atoms with Crippen molar-refractivity contribution >= 4 is 18.1 Å². The van der Waals surface area contributed by atoms with Crippen LogP contribution in [0.5, 0.6) is 5.75 Å². The summed E-state index contributed by atoms with van der Waals surface area (Å²) in [5.74, 6) is -1.04. The molecule has 0 saturated carbocycles. The number of carbonyl (C=O) groups is 2. The van der Waals surface area contributed by atoms with Gasteiger partial charge < -0.3 is 23.6 Å². The highest BCUT2D eigenvalue weighted by molar-refractivity contribution is 5.99. The molecule has 0 radical (unpaired) electrons. The van der Waals surface area contributed by atoms with Crippen LogP contribution in [0.1, 0.15) is 111 Å². The molecule has 1 aromatic heterocycles. The number of alkyl halides is 4. The Bertz CT molecular complexity index is 1380. The summed E-state index contributed by atoms with van der Waals surface area (Å²) in [4.78, 5) is 34.6. The van der Waals surface area contributed by atoms with Gasteiger partial charge in [0, 0.05) is 12.0 Å². The zero-order valence-electron chi connectivity index (χ0n) is 28.0. The molecule has 1 saturated heterocycles.